The number of aromatic nitrogens is 1. The van der Waals surface area contributed by atoms with Gasteiger partial charge in [0.2, 0.25) is 0 Å². The van der Waals surface area contributed by atoms with Crippen LogP contribution in [0.15, 0.2) is 36.4 Å². The van der Waals surface area contributed by atoms with E-state index in [1.807, 2.05) is 37.2 Å². The number of carbonyl (C=O) groups excluding carboxylic acids is 1. The highest BCUT2D eigenvalue weighted by Crippen LogP contribution is 2.28. The van der Waals surface area contributed by atoms with Gasteiger partial charge in [-0.05, 0) is 31.3 Å². The van der Waals surface area contributed by atoms with Crippen LogP contribution in [0.5, 0.6) is 0 Å². The molecule has 160 valence electrons. The predicted molar refractivity (Wildman–Crippen MR) is 120 cm³/mol. The maximum Gasteiger partial charge on any atom is 0.257 e. The minimum Gasteiger partial charge on any atom is -0.378 e. The van der Waals surface area contributed by atoms with Crippen LogP contribution in [0, 0.1) is 0 Å². The van der Waals surface area contributed by atoms with Crippen molar-refractivity contribution in [2.75, 3.05) is 83.4 Å². The van der Waals surface area contributed by atoms with E-state index >= 15 is 0 Å². The largest absolute Gasteiger partial charge is 0.378 e. The number of hydrogen-bond donors (Lipinski definition) is 0. The van der Waals surface area contributed by atoms with E-state index in [1.165, 1.54) is 0 Å². The summed E-state index contributed by atoms with van der Waals surface area (Å²) in [5, 5.41) is 0. The molecule has 30 heavy (non-hydrogen) atoms. The van der Waals surface area contributed by atoms with E-state index in [0.717, 1.165) is 62.0 Å². The van der Waals surface area contributed by atoms with E-state index in [0.29, 0.717) is 18.8 Å². The zero-order chi connectivity index (χ0) is 21.1. The van der Waals surface area contributed by atoms with E-state index in [2.05, 4.69) is 39.9 Å². The van der Waals surface area contributed by atoms with Gasteiger partial charge in [-0.3, -0.25) is 4.79 Å². The number of rotatable bonds is 4. The van der Waals surface area contributed by atoms with Gasteiger partial charge < -0.3 is 24.3 Å². The van der Waals surface area contributed by atoms with Gasteiger partial charge in [0.1, 0.15) is 5.82 Å². The highest BCUT2D eigenvalue weighted by Gasteiger charge is 2.26. The second-order valence-corrected chi connectivity index (χ2v) is 8.21. The van der Waals surface area contributed by atoms with Crippen molar-refractivity contribution < 1.29 is 9.53 Å². The zero-order valence-electron chi connectivity index (χ0n) is 18.2. The molecule has 0 bridgehead atoms. The lowest BCUT2D eigenvalue weighted by atomic mass is 10.1. The van der Waals surface area contributed by atoms with Crippen molar-refractivity contribution in [1.82, 2.24) is 14.8 Å². The molecule has 0 spiro atoms. The van der Waals surface area contributed by atoms with Crippen LogP contribution in [-0.4, -0.2) is 94.3 Å². The van der Waals surface area contributed by atoms with Crippen LogP contribution in [0.25, 0.3) is 11.3 Å². The van der Waals surface area contributed by atoms with Crippen molar-refractivity contribution in [2.45, 2.75) is 0 Å². The van der Waals surface area contributed by atoms with E-state index in [-0.39, 0.29) is 5.91 Å². The zero-order valence-corrected chi connectivity index (χ0v) is 18.2. The van der Waals surface area contributed by atoms with E-state index in [4.69, 9.17) is 9.72 Å². The number of likely N-dealkylation sites (N-methyl/N-ethyl adjacent to an activating group) is 1. The number of hydrogen-bond acceptors (Lipinski definition) is 6. The number of nitrogens with zero attached hydrogens (tertiary/aromatic N) is 5. The van der Waals surface area contributed by atoms with Gasteiger partial charge in [-0.25, -0.2) is 4.98 Å². The van der Waals surface area contributed by atoms with Gasteiger partial charge in [0.15, 0.2) is 0 Å². The molecular weight excluding hydrogens is 378 g/mol. The second-order valence-electron chi connectivity index (χ2n) is 8.21. The van der Waals surface area contributed by atoms with Crippen molar-refractivity contribution in [1.29, 1.82) is 0 Å². The molecule has 1 amide bonds. The molecule has 3 heterocycles. The molecule has 1 aromatic carbocycles. The average Bonchev–Trinajstić information content (AvgIpc) is 2.79. The Labute approximate surface area is 178 Å². The van der Waals surface area contributed by atoms with Crippen LogP contribution in [-0.2, 0) is 4.74 Å². The van der Waals surface area contributed by atoms with Gasteiger partial charge in [-0.15, -0.1) is 0 Å². The molecule has 2 saturated heterocycles. The summed E-state index contributed by atoms with van der Waals surface area (Å²) in [5.74, 6) is 0.848. The summed E-state index contributed by atoms with van der Waals surface area (Å²) in [7, 11) is 6.16. The predicted octanol–water partition coefficient (Wildman–Crippen LogP) is 2.04. The number of carbonyl (C=O) groups is 1. The Morgan fingerprint density at radius 2 is 1.73 bits per heavy atom. The molecule has 7 nitrogen and oxygen atoms in total. The summed E-state index contributed by atoms with van der Waals surface area (Å²) in [4.78, 5) is 26.8. The first kappa shape index (κ1) is 20.6. The first-order valence-electron chi connectivity index (χ1n) is 10.6. The second kappa shape index (κ2) is 9.02. The molecule has 7 heteroatoms. The average molecular weight is 410 g/mol. The first-order chi connectivity index (χ1) is 14.5. The van der Waals surface area contributed by atoms with E-state index in [1.54, 1.807) is 0 Å². The molecular formula is C23H31N5O2. The summed E-state index contributed by atoms with van der Waals surface area (Å²) in [6, 6.07) is 12.3. The lowest BCUT2D eigenvalue weighted by Gasteiger charge is -2.34. The molecule has 0 unspecified atom stereocenters. The maximum atomic E-state index is 13.4. The molecule has 0 aliphatic carbocycles. The van der Waals surface area contributed by atoms with Gasteiger partial charge in [0.05, 0.1) is 24.5 Å². The van der Waals surface area contributed by atoms with Crippen molar-refractivity contribution >= 4 is 17.4 Å². The highest BCUT2D eigenvalue weighted by atomic mass is 16.5. The molecule has 0 N–H and O–H groups in total. The summed E-state index contributed by atoms with van der Waals surface area (Å²) in [6.07, 6.45) is 0. The Morgan fingerprint density at radius 3 is 2.43 bits per heavy atom. The van der Waals surface area contributed by atoms with Crippen molar-refractivity contribution in [3.63, 3.8) is 0 Å². The monoisotopic (exact) mass is 409 g/mol. The van der Waals surface area contributed by atoms with Gasteiger partial charge in [-0.1, -0.05) is 12.1 Å². The van der Waals surface area contributed by atoms with Crippen molar-refractivity contribution in [3.05, 3.63) is 42.0 Å². The Balaban J connectivity index is 1.69. The van der Waals surface area contributed by atoms with Gasteiger partial charge in [0.25, 0.3) is 5.91 Å². The first-order valence-corrected chi connectivity index (χ1v) is 10.6. The Bertz CT molecular complexity index is 887. The fourth-order valence-electron chi connectivity index (χ4n) is 3.92. The van der Waals surface area contributed by atoms with Gasteiger partial charge >= 0.3 is 0 Å². The molecule has 0 saturated carbocycles. The van der Waals surface area contributed by atoms with Crippen LogP contribution in [0.4, 0.5) is 11.5 Å². The molecule has 2 aliphatic rings. The third-order valence-electron chi connectivity index (χ3n) is 5.86. The number of benzene rings is 1. The molecule has 2 aromatic rings. The Kier molecular flexibility index (Phi) is 6.20. The fraction of sp³-hybridized carbons (Fsp3) is 0.478. The summed E-state index contributed by atoms with van der Waals surface area (Å²) < 4.78 is 5.53. The highest BCUT2D eigenvalue weighted by molar-refractivity contribution is 5.99. The number of pyridine rings is 1. The molecule has 2 fully saturated rings. The number of piperazine rings is 1. The SMILES string of the molecule is CN1CCN(C(=O)c2ccc(-c3cccc(N(C)C)c3)nc2N2CCOCC2)CC1. The van der Waals surface area contributed by atoms with Gasteiger partial charge in [-0.2, -0.15) is 0 Å². The van der Waals surface area contributed by atoms with Crippen LogP contribution in [0.2, 0.25) is 0 Å². The number of amides is 1. The quantitative estimate of drug-likeness (QED) is 0.770. The molecule has 1 aromatic heterocycles. The van der Waals surface area contributed by atoms with Crippen LogP contribution in [0.3, 0.4) is 0 Å². The molecule has 0 atom stereocenters. The minimum absolute atomic E-state index is 0.0747. The van der Waals surface area contributed by atoms with E-state index in [9.17, 15) is 4.79 Å². The Hall–Kier alpha value is -2.64. The van der Waals surface area contributed by atoms with Crippen LogP contribution >= 0.6 is 0 Å². The van der Waals surface area contributed by atoms with Crippen LogP contribution in [0.1, 0.15) is 10.4 Å². The molecule has 0 radical (unpaired) electrons. The lowest BCUT2D eigenvalue weighted by molar-refractivity contribution is 0.0663. The van der Waals surface area contributed by atoms with Gasteiger partial charge in [0, 0.05) is 64.6 Å². The third kappa shape index (κ3) is 4.42. The normalized spacial score (nSPS) is 17.8. The smallest absolute Gasteiger partial charge is 0.257 e. The van der Waals surface area contributed by atoms with Crippen LogP contribution < -0.4 is 9.80 Å². The number of morpholine rings is 1. The molecule has 2 aliphatic heterocycles. The summed E-state index contributed by atoms with van der Waals surface area (Å²) >= 11 is 0. The van der Waals surface area contributed by atoms with E-state index < -0.39 is 0 Å². The number of anilines is 2. The third-order valence-corrected chi connectivity index (χ3v) is 5.86. The Morgan fingerprint density at radius 1 is 1.00 bits per heavy atom. The number of ether oxygens (including phenoxy) is 1. The van der Waals surface area contributed by atoms with Crippen molar-refractivity contribution in [3.8, 4) is 11.3 Å². The summed E-state index contributed by atoms with van der Waals surface area (Å²) in [6.45, 7) is 6.13. The maximum absolute atomic E-state index is 13.4. The molecule has 4 rings (SSSR count). The topological polar surface area (TPSA) is 52.2 Å². The van der Waals surface area contributed by atoms with Crippen molar-refractivity contribution in [2.24, 2.45) is 0 Å². The minimum atomic E-state index is 0.0747. The fourth-order valence-corrected chi connectivity index (χ4v) is 3.92. The summed E-state index contributed by atoms with van der Waals surface area (Å²) in [5.41, 5.74) is 3.75. The standard InChI is InChI=1S/C23H31N5O2/c1-25(2)19-6-4-5-18(17-19)21-8-7-20(22(24-21)27-13-15-30-16-14-27)23(29)28-11-9-26(3)10-12-28/h4-8,17H,9-16H2,1-3H3. The lowest BCUT2D eigenvalue weighted by Crippen LogP contribution is -2.47.